The summed E-state index contributed by atoms with van der Waals surface area (Å²) < 4.78 is 0. The Morgan fingerprint density at radius 1 is 0.243 bits per heavy atom. The molecule has 0 aliphatic carbocycles. The maximum Gasteiger partial charge on any atom is 0.0894 e. The molecule has 0 aliphatic rings. The Bertz CT molecular complexity index is 4170. The number of fused-ring (bicyclic) bond motifs is 4. The smallest absolute Gasteiger partial charge is 0.0894 e. The number of nitrogens with zero attached hydrogens (tertiary/aromatic N) is 8. The SMILES string of the molecule is CC(O)CC(C)O.CC(O)CC(C)O.CC(O)CC(C)O.CC(O)CC(C)O.Cc1ccc(-c2ccc3cc(C)ccc3n2)nc1.Cc1ccc2nc(-c3cccc(C)n3)ccc2c1.Cc1ccc2nc(-c3ccccn3)ccc2c1.Cc1ccnc(-c2ccc3cc(C)ccc3n2)c1.[Ir].[Ir].[Ir].[Ir]. The van der Waals surface area contributed by atoms with E-state index < -0.39 is 0 Å². The van der Waals surface area contributed by atoms with Crippen molar-refractivity contribution in [3.05, 3.63) is 240 Å². The molecule has 4 aromatic carbocycles. The number of pyridine rings is 8. The van der Waals surface area contributed by atoms with E-state index in [1.807, 2.05) is 99.0 Å². The van der Waals surface area contributed by atoms with Gasteiger partial charge in [0.25, 0.3) is 0 Å². The van der Waals surface area contributed by atoms with Crippen LogP contribution in [0.4, 0.5) is 0 Å². The summed E-state index contributed by atoms with van der Waals surface area (Å²) in [6.45, 7) is 27.7. The van der Waals surface area contributed by atoms with Crippen LogP contribution in [-0.4, -0.2) is 130 Å². The molecule has 8 unspecified atom stereocenters. The van der Waals surface area contributed by atoms with Gasteiger partial charge in [0.2, 0.25) is 0 Å². The van der Waals surface area contributed by atoms with Gasteiger partial charge in [-0.3, -0.25) is 19.9 Å². The quantitative estimate of drug-likeness (QED) is 0.0565. The molecule has 0 aliphatic heterocycles. The fourth-order valence-corrected chi connectivity index (χ4v) is 10.0. The molecule has 8 aromatic heterocycles. The van der Waals surface area contributed by atoms with Gasteiger partial charge in [0.05, 0.1) is 116 Å². The van der Waals surface area contributed by atoms with Crippen molar-refractivity contribution in [2.75, 3.05) is 0 Å². The second kappa shape index (κ2) is 49.2. The fraction of sp³-hybridized carbons (Fsp3) is 0.325. The Morgan fingerprint density at radius 2 is 0.524 bits per heavy atom. The maximum atomic E-state index is 8.56. The molecule has 0 fully saturated rings. The Hall–Kier alpha value is -6.60. The number of hydrogen-bond donors (Lipinski definition) is 8. The van der Waals surface area contributed by atoms with Gasteiger partial charge in [-0.15, -0.1) is 0 Å². The average Bonchev–Trinajstić information content (AvgIpc) is 0.840. The molecule has 0 saturated carbocycles. The molecular weight excluding hydrogens is 2010 g/mol. The minimum Gasteiger partial charge on any atom is -0.393 e. The van der Waals surface area contributed by atoms with E-state index in [2.05, 4.69) is 184 Å². The van der Waals surface area contributed by atoms with Crippen LogP contribution in [0, 0.1) is 48.5 Å². The van der Waals surface area contributed by atoms with Crippen LogP contribution in [0.3, 0.4) is 0 Å². The Balaban J connectivity index is 0.000000606. The summed E-state index contributed by atoms with van der Waals surface area (Å²) >= 11 is 0. The van der Waals surface area contributed by atoms with Crippen LogP contribution < -0.4 is 0 Å². The number of aliphatic hydroxyl groups excluding tert-OH is 8. The van der Waals surface area contributed by atoms with E-state index in [9.17, 15) is 0 Å². The van der Waals surface area contributed by atoms with Crippen LogP contribution in [0.2, 0.25) is 0 Å². The topological polar surface area (TPSA) is 265 Å². The normalized spacial score (nSPS) is 12.5. The predicted octanol–water partition coefficient (Wildman–Crippen LogP) is 15.9. The Labute approximate surface area is 662 Å². The average molecular weight is 2110 g/mol. The third-order valence-electron chi connectivity index (χ3n) is 14.5. The molecule has 8 N–H and O–H groups in total. The molecule has 12 aromatic rings. The largest absolute Gasteiger partial charge is 0.393 e. The zero-order valence-electron chi connectivity index (χ0n) is 61.5. The monoisotopic (exact) mass is 2110 g/mol. The molecule has 8 atom stereocenters. The zero-order valence-corrected chi connectivity index (χ0v) is 71.1. The number of aliphatic hydroxyl groups is 8. The van der Waals surface area contributed by atoms with Crippen molar-refractivity contribution in [1.29, 1.82) is 0 Å². The van der Waals surface area contributed by atoms with Crippen LogP contribution in [0.15, 0.2) is 201 Å². The molecule has 16 nitrogen and oxygen atoms in total. The zero-order chi connectivity index (χ0) is 72.7. The van der Waals surface area contributed by atoms with E-state index in [4.69, 9.17) is 40.9 Å². The summed E-state index contributed by atoms with van der Waals surface area (Å²) in [5, 5.41) is 73.2. The Morgan fingerprint density at radius 3 is 0.816 bits per heavy atom. The molecule has 103 heavy (non-hydrogen) atoms. The van der Waals surface area contributed by atoms with Crippen molar-refractivity contribution < 1.29 is 121 Å². The van der Waals surface area contributed by atoms with Gasteiger partial charge in [0, 0.05) is 126 Å². The summed E-state index contributed by atoms with van der Waals surface area (Å²) in [5.74, 6) is 0. The van der Waals surface area contributed by atoms with Gasteiger partial charge in [-0.2, -0.15) is 0 Å². The molecule has 0 bridgehead atoms. The van der Waals surface area contributed by atoms with Gasteiger partial charge >= 0.3 is 0 Å². The number of hydrogen-bond acceptors (Lipinski definition) is 16. The molecule has 20 heteroatoms. The summed E-state index contributed by atoms with van der Waals surface area (Å²) in [7, 11) is 0. The van der Waals surface area contributed by atoms with Crippen LogP contribution in [-0.2, 0) is 80.4 Å². The van der Waals surface area contributed by atoms with Crippen LogP contribution in [0.25, 0.3) is 89.2 Å². The van der Waals surface area contributed by atoms with Crippen molar-refractivity contribution in [2.24, 2.45) is 0 Å². The van der Waals surface area contributed by atoms with E-state index in [0.717, 1.165) is 78.9 Å². The van der Waals surface area contributed by atoms with E-state index in [0.29, 0.717) is 25.7 Å². The van der Waals surface area contributed by atoms with Gasteiger partial charge in [-0.1, -0.05) is 89.0 Å². The van der Waals surface area contributed by atoms with Gasteiger partial charge in [0.15, 0.2) is 0 Å². The number of aryl methyl sites for hydroxylation is 7. The first-order valence-corrected chi connectivity index (χ1v) is 33.7. The molecule has 558 valence electrons. The van der Waals surface area contributed by atoms with Gasteiger partial charge in [-0.05, 0) is 256 Å². The predicted molar refractivity (Wildman–Crippen MR) is 405 cm³/mol. The molecular formula is C83H102Ir4N8O8. The molecule has 0 saturated heterocycles. The van der Waals surface area contributed by atoms with Crippen LogP contribution in [0.1, 0.15) is 120 Å². The van der Waals surface area contributed by atoms with Crippen molar-refractivity contribution in [1.82, 2.24) is 39.9 Å². The third kappa shape index (κ3) is 36.3. The summed E-state index contributed by atoms with van der Waals surface area (Å²) in [4.78, 5) is 36.2. The summed E-state index contributed by atoms with van der Waals surface area (Å²) in [6, 6.07) is 61.7. The van der Waals surface area contributed by atoms with Gasteiger partial charge in [-0.25, -0.2) is 19.9 Å². The molecule has 0 spiro atoms. The number of benzene rings is 4. The van der Waals surface area contributed by atoms with Crippen molar-refractivity contribution in [3.8, 4) is 45.6 Å². The van der Waals surface area contributed by atoms with Gasteiger partial charge in [0.1, 0.15) is 0 Å². The van der Waals surface area contributed by atoms with Crippen LogP contribution in [0.5, 0.6) is 0 Å². The maximum absolute atomic E-state index is 8.56. The van der Waals surface area contributed by atoms with E-state index in [-0.39, 0.29) is 129 Å². The van der Waals surface area contributed by atoms with Crippen LogP contribution >= 0.6 is 0 Å². The second-order valence-corrected chi connectivity index (χ2v) is 25.6. The minimum absolute atomic E-state index is 0. The second-order valence-electron chi connectivity index (χ2n) is 25.6. The Kier molecular flexibility index (Phi) is 45.1. The summed E-state index contributed by atoms with van der Waals surface area (Å²) in [6.07, 6.45) is 4.37. The molecule has 12 rings (SSSR count). The number of rotatable bonds is 12. The molecule has 0 amide bonds. The first kappa shape index (κ1) is 94.4. The standard InChI is InChI=1S/3C16H14N2.C15H12N2.4C5H12O2.4Ir/c1-11-3-6-14-13(9-11)5-8-16(18-14)15-7-4-12(2)10-17-15;1-11-3-5-14-13(9-11)4-6-15(18-14)16-10-12(2)7-8-17-16;1-11-6-8-14-13(10-11)7-9-16(18-14)15-5-3-4-12(2)17-15;1-11-5-7-13-12(10-11)6-8-15(17-13)14-4-2-3-9-16-14;4*1-4(6)3-5(2)7;;;;/h3*3-10H,1-2H3;2-10H,1H3;4*4-7H,3H2,1-2H3;;;;. The van der Waals surface area contributed by atoms with E-state index in [1.54, 1.807) is 61.6 Å². The van der Waals surface area contributed by atoms with Crippen molar-refractivity contribution in [2.45, 2.75) is 178 Å². The minimum atomic E-state index is -0.375. The molecule has 4 radical (unpaired) electrons. The fourth-order valence-electron chi connectivity index (χ4n) is 10.0. The first-order chi connectivity index (χ1) is 47.0. The van der Waals surface area contributed by atoms with E-state index >= 15 is 0 Å². The van der Waals surface area contributed by atoms with Gasteiger partial charge < -0.3 is 40.9 Å². The first-order valence-electron chi connectivity index (χ1n) is 33.7. The van der Waals surface area contributed by atoms with Crippen molar-refractivity contribution in [3.63, 3.8) is 0 Å². The number of aromatic nitrogens is 8. The van der Waals surface area contributed by atoms with E-state index in [1.165, 1.54) is 49.4 Å². The van der Waals surface area contributed by atoms with Crippen molar-refractivity contribution >= 4 is 43.6 Å². The summed E-state index contributed by atoms with van der Waals surface area (Å²) in [5.41, 5.74) is 19.8. The third-order valence-corrected chi connectivity index (χ3v) is 14.5. The molecule has 8 heterocycles.